The molecule has 0 spiro atoms. The van der Waals surface area contributed by atoms with Crippen LogP contribution in [0.3, 0.4) is 0 Å². The number of aromatic nitrogens is 3. The van der Waals surface area contributed by atoms with Crippen molar-refractivity contribution in [2.45, 2.75) is 25.4 Å². The standard InChI is InChI=1S/C30H29FN6O/c31-21-14-20-24(15-25(21)32-16-18-6-2-1-3-7-18)36-30(38)27(29-34-22-8-4-5-9-23(22)35-29)28(20)33-26-17-37-12-10-19(26)11-13-37/h1-9,14-15,19,26,32H,10-13,16-17H2,(H,34,35)(H2,33,36,38)/t26-/m0/s1. The van der Waals surface area contributed by atoms with Crippen LogP contribution < -0.4 is 16.2 Å². The monoisotopic (exact) mass is 508 g/mol. The molecule has 2 aromatic heterocycles. The lowest BCUT2D eigenvalue weighted by Crippen LogP contribution is -2.53. The molecular weight excluding hydrogens is 479 g/mol. The zero-order valence-electron chi connectivity index (χ0n) is 20.9. The molecule has 2 bridgehead atoms. The van der Waals surface area contributed by atoms with Crippen LogP contribution >= 0.6 is 0 Å². The number of pyridine rings is 1. The summed E-state index contributed by atoms with van der Waals surface area (Å²) in [5.74, 6) is 0.632. The van der Waals surface area contributed by atoms with Gasteiger partial charge < -0.3 is 25.5 Å². The van der Waals surface area contributed by atoms with Crippen LogP contribution in [-0.4, -0.2) is 45.5 Å². The molecule has 7 nitrogen and oxygen atoms in total. The average molecular weight is 509 g/mol. The molecule has 5 aromatic rings. The minimum Gasteiger partial charge on any atom is -0.379 e. The van der Waals surface area contributed by atoms with Crippen molar-refractivity contribution in [2.24, 2.45) is 5.92 Å². The fourth-order valence-electron chi connectivity index (χ4n) is 6.01. The molecule has 1 atom stereocenters. The lowest BCUT2D eigenvalue weighted by molar-refractivity contribution is 0.0976. The van der Waals surface area contributed by atoms with Crippen molar-refractivity contribution in [2.75, 3.05) is 30.3 Å². The number of H-pyrrole nitrogens is 2. The molecule has 0 radical (unpaired) electrons. The van der Waals surface area contributed by atoms with Gasteiger partial charge in [-0.05, 0) is 61.7 Å². The van der Waals surface area contributed by atoms with Gasteiger partial charge in [0.05, 0.1) is 27.9 Å². The molecule has 8 rings (SSSR count). The Morgan fingerprint density at radius 3 is 2.53 bits per heavy atom. The number of aromatic amines is 2. The summed E-state index contributed by atoms with van der Waals surface area (Å²) < 4.78 is 15.5. The molecule has 192 valence electrons. The highest BCUT2D eigenvalue weighted by Crippen LogP contribution is 2.37. The summed E-state index contributed by atoms with van der Waals surface area (Å²) in [5, 5.41) is 7.53. The Morgan fingerprint density at radius 1 is 0.974 bits per heavy atom. The number of para-hydroxylation sites is 2. The second kappa shape index (κ2) is 9.29. The van der Waals surface area contributed by atoms with Crippen molar-refractivity contribution >= 4 is 33.3 Å². The predicted molar refractivity (Wildman–Crippen MR) is 150 cm³/mol. The number of rotatable bonds is 6. The van der Waals surface area contributed by atoms with Gasteiger partial charge in [-0.25, -0.2) is 9.37 Å². The largest absolute Gasteiger partial charge is 0.379 e. The van der Waals surface area contributed by atoms with Gasteiger partial charge in [-0.15, -0.1) is 0 Å². The van der Waals surface area contributed by atoms with Crippen molar-refractivity contribution in [1.82, 2.24) is 19.9 Å². The summed E-state index contributed by atoms with van der Waals surface area (Å²) in [6.45, 7) is 3.62. The third kappa shape index (κ3) is 4.11. The quantitative estimate of drug-likeness (QED) is 0.249. The lowest BCUT2D eigenvalue weighted by atomic mass is 9.83. The van der Waals surface area contributed by atoms with Crippen molar-refractivity contribution in [3.05, 3.63) is 88.5 Å². The third-order valence-electron chi connectivity index (χ3n) is 8.04. The van der Waals surface area contributed by atoms with Crippen molar-refractivity contribution in [1.29, 1.82) is 0 Å². The molecule has 3 aliphatic heterocycles. The Balaban J connectivity index is 1.35. The summed E-state index contributed by atoms with van der Waals surface area (Å²) >= 11 is 0. The average Bonchev–Trinajstić information content (AvgIpc) is 3.37. The number of nitrogens with zero attached hydrogens (tertiary/aromatic N) is 2. The number of hydrogen-bond acceptors (Lipinski definition) is 5. The third-order valence-corrected chi connectivity index (χ3v) is 8.04. The first-order chi connectivity index (χ1) is 18.6. The topological polar surface area (TPSA) is 88.8 Å². The van der Waals surface area contributed by atoms with Crippen molar-refractivity contribution in [3.63, 3.8) is 0 Å². The molecule has 3 fully saturated rings. The number of halogens is 1. The molecule has 0 unspecified atom stereocenters. The number of imidazole rings is 1. The summed E-state index contributed by atoms with van der Waals surface area (Å²) in [5.41, 5.74) is 4.39. The maximum absolute atomic E-state index is 15.5. The highest BCUT2D eigenvalue weighted by molar-refractivity contribution is 6.00. The normalized spacial score (nSPS) is 20.7. The molecule has 38 heavy (non-hydrogen) atoms. The van der Waals surface area contributed by atoms with E-state index in [1.165, 1.54) is 6.07 Å². The van der Waals surface area contributed by atoms with Gasteiger partial charge in [0.2, 0.25) is 0 Å². The van der Waals surface area contributed by atoms with E-state index in [1.54, 1.807) is 6.07 Å². The number of nitrogens with one attached hydrogen (secondary N) is 4. The van der Waals surface area contributed by atoms with Crippen LogP contribution in [0.25, 0.3) is 33.3 Å². The first-order valence-electron chi connectivity index (χ1n) is 13.2. The SMILES string of the molecule is O=c1[nH]c2cc(NCc3ccccc3)c(F)cc2c(N[C@H]2CN3CCC2CC3)c1-c1nc2ccccc2[nH]1. The van der Waals surface area contributed by atoms with Gasteiger partial charge in [0.15, 0.2) is 0 Å². The summed E-state index contributed by atoms with van der Waals surface area (Å²) in [4.78, 5) is 27.1. The smallest absolute Gasteiger partial charge is 0.261 e. The molecule has 3 aromatic carbocycles. The molecule has 3 aliphatic rings. The van der Waals surface area contributed by atoms with Gasteiger partial charge in [0.25, 0.3) is 5.56 Å². The molecule has 0 aliphatic carbocycles. The predicted octanol–water partition coefficient (Wildman–Crippen LogP) is 5.33. The fraction of sp³-hybridized carbons (Fsp3) is 0.267. The van der Waals surface area contributed by atoms with Crippen LogP contribution in [0.1, 0.15) is 18.4 Å². The van der Waals surface area contributed by atoms with E-state index < -0.39 is 0 Å². The van der Waals surface area contributed by atoms with Gasteiger partial charge in [-0.3, -0.25) is 4.79 Å². The van der Waals surface area contributed by atoms with Crippen molar-refractivity contribution in [3.8, 4) is 11.4 Å². The minimum absolute atomic E-state index is 0.185. The van der Waals surface area contributed by atoms with Crippen LogP contribution in [-0.2, 0) is 6.54 Å². The van der Waals surface area contributed by atoms with E-state index in [4.69, 9.17) is 4.98 Å². The number of anilines is 2. The number of piperidine rings is 3. The maximum Gasteiger partial charge on any atom is 0.261 e. The van der Waals surface area contributed by atoms with E-state index >= 15 is 4.39 Å². The molecule has 8 heteroatoms. The van der Waals surface area contributed by atoms with E-state index in [2.05, 4.69) is 25.5 Å². The zero-order valence-corrected chi connectivity index (χ0v) is 20.9. The maximum atomic E-state index is 15.5. The van der Waals surface area contributed by atoms with Gasteiger partial charge >= 0.3 is 0 Å². The fourth-order valence-corrected chi connectivity index (χ4v) is 6.01. The lowest BCUT2D eigenvalue weighted by Gasteiger charge is -2.45. The Labute approximate surface area is 219 Å². The Kier molecular flexibility index (Phi) is 5.62. The zero-order chi connectivity index (χ0) is 25.6. The molecule has 5 heterocycles. The minimum atomic E-state index is -0.368. The van der Waals surface area contributed by atoms with E-state index in [9.17, 15) is 4.79 Å². The number of fused-ring (bicyclic) bond motifs is 5. The van der Waals surface area contributed by atoms with E-state index in [-0.39, 0.29) is 17.4 Å². The molecule has 0 saturated carbocycles. The first-order valence-corrected chi connectivity index (χ1v) is 13.2. The second-order valence-corrected chi connectivity index (χ2v) is 10.4. The Hall–Kier alpha value is -4.17. The van der Waals surface area contributed by atoms with Crippen LogP contribution in [0, 0.1) is 11.7 Å². The molecule has 0 amide bonds. The second-order valence-electron chi connectivity index (χ2n) is 10.4. The van der Waals surface area contributed by atoms with E-state index in [0.717, 1.165) is 49.1 Å². The first kappa shape index (κ1) is 23.0. The molecule has 3 saturated heterocycles. The van der Waals surface area contributed by atoms with Crippen LogP contribution in [0.5, 0.6) is 0 Å². The van der Waals surface area contributed by atoms with E-state index in [0.29, 0.717) is 46.1 Å². The van der Waals surface area contributed by atoms with Crippen LogP contribution in [0.4, 0.5) is 15.8 Å². The Morgan fingerprint density at radius 2 is 1.76 bits per heavy atom. The molecule has 4 N–H and O–H groups in total. The Bertz CT molecular complexity index is 1650. The summed E-state index contributed by atoms with van der Waals surface area (Å²) in [6.07, 6.45) is 2.25. The van der Waals surface area contributed by atoms with Crippen molar-refractivity contribution < 1.29 is 4.39 Å². The number of hydrogen-bond donors (Lipinski definition) is 4. The highest BCUT2D eigenvalue weighted by atomic mass is 19.1. The van der Waals surface area contributed by atoms with Crippen LogP contribution in [0.15, 0.2) is 71.5 Å². The summed E-state index contributed by atoms with van der Waals surface area (Å²) in [7, 11) is 0. The van der Waals surface area contributed by atoms with Gasteiger partial charge in [0, 0.05) is 24.5 Å². The van der Waals surface area contributed by atoms with Crippen LogP contribution in [0.2, 0.25) is 0 Å². The van der Waals surface area contributed by atoms with Gasteiger partial charge in [0.1, 0.15) is 17.2 Å². The van der Waals surface area contributed by atoms with Gasteiger partial charge in [-0.1, -0.05) is 42.5 Å². The molecular formula is C30H29FN6O. The summed E-state index contributed by atoms with van der Waals surface area (Å²) in [6, 6.07) is 20.9. The number of benzene rings is 3. The highest BCUT2D eigenvalue weighted by Gasteiger charge is 2.35. The van der Waals surface area contributed by atoms with Gasteiger partial charge in [-0.2, -0.15) is 0 Å². The van der Waals surface area contributed by atoms with E-state index in [1.807, 2.05) is 54.6 Å².